The smallest absolute Gasteiger partial charge is 0.0541 e. The molecule has 0 bridgehead atoms. The van der Waals surface area contributed by atoms with Gasteiger partial charge in [-0.3, -0.25) is 0 Å². The highest BCUT2D eigenvalue weighted by molar-refractivity contribution is 6.11. The molecule has 2 aliphatic carbocycles. The molecule has 0 saturated heterocycles. The molecule has 11 rings (SSSR count). The van der Waals surface area contributed by atoms with Crippen LogP contribution in [0.1, 0.15) is 43.2 Å². The van der Waals surface area contributed by atoms with E-state index >= 15 is 0 Å². The van der Waals surface area contributed by atoms with Crippen molar-refractivity contribution in [2.75, 3.05) is 0 Å². The summed E-state index contributed by atoms with van der Waals surface area (Å²) < 4.78 is 4.96. The molecule has 54 heavy (non-hydrogen) atoms. The summed E-state index contributed by atoms with van der Waals surface area (Å²) >= 11 is 0. The highest BCUT2D eigenvalue weighted by atomic mass is 15.0. The molecular weight excluding hydrogens is 653 g/mol. The van der Waals surface area contributed by atoms with Crippen LogP contribution in [0.25, 0.3) is 83.5 Å². The van der Waals surface area contributed by atoms with Gasteiger partial charge in [-0.25, -0.2) is 0 Å². The van der Waals surface area contributed by atoms with Crippen LogP contribution in [0, 0.1) is 5.92 Å². The molecule has 2 aromatic heterocycles. The van der Waals surface area contributed by atoms with E-state index in [0.29, 0.717) is 5.92 Å². The number of allylic oxidation sites excluding steroid dienone is 1. The molecule has 2 aliphatic rings. The van der Waals surface area contributed by atoms with E-state index in [9.17, 15) is 0 Å². The van der Waals surface area contributed by atoms with Gasteiger partial charge in [0.2, 0.25) is 0 Å². The minimum absolute atomic E-state index is 0.0521. The lowest BCUT2D eigenvalue weighted by molar-refractivity contribution is 0.660. The summed E-state index contributed by atoms with van der Waals surface area (Å²) in [6.45, 7) is 7.04. The van der Waals surface area contributed by atoms with Crippen molar-refractivity contribution in [2.45, 2.75) is 32.6 Å². The van der Waals surface area contributed by atoms with Gasteiger partial charge in [-0.05, 0) is 111 Å². The van der Waals surface area contributed by atoms with E-state index in [-0.39, 0.29) is 5.41 Å². The standard InChI is InChI=1S/C52H40N2/c1-33-17-25-43-45-31-37(20-27-49(45)53(51(43)29-33)38-22-18-35(19-23-38)34-11-5-4-6-12-34)36-21-28-50-44(30-36)42-14-8-10-16-48(42)54(50)39-24-26-41-40-13-7-9-15-46(40)52(2,3)47(41)32-39/h4-28,30-33H,29H2,1-3H3. The molecule has 2 heterocycles. The van der Waals surface area contributed by atoms with Crippen LogP contribution in [0.3, 0.4) is 0 Å². The van der Waals surface area contributed by atoms with Crippen molar-refractivity contribution in [2.24, 2.45) is 5.92 Å². The van der Waals surface area contributed by atoms with Crippen molar-refractivity contribution >= 4 is 38.8 Å². The summed E-state index contributed by atoms with van der Waals surface area (Å²) in [5, 5.41) is 3.86. The molecule has 0 amide bonds. The molecule has 1 atom stereocenters. The number of para-hydroxylation sites is 1. The third kappa shape index (κ3) is 4.53. The van der Waals surface area contributed by atoms with Gasteiger partial charge in [0, 0.05) is 44.2 Å². The fraction of sp³-hybridized carbons (Fsp3) is 0.115. The zero-order valence-electron chi connectivity index (χ0n) is 30.8. The van der Waals surface area contributed by atoms with Crippen LogP contribution in [0.15, 0.2) is 164 Å². The quantitative estimate of drug-likeness (QED) is 0.174. The number of benzene rings is 7. The van der Waals surface area contributed by atoms with Gasteiger partial charge in [-0.2, -0.15) is 0 Å². The minimum Gasteiger partial charge on any atom is -0.313 e. The Kier molecular flexibility index (Phi) is 6.67. The second-order valence-electron chi connectivity index (χ2n) is 15.9. The Hall–Kier alpha value is -6.38. The molecule has 258 valence electrons. The topological polar surface area (TPSA) is 9.86 Å². The lowest BCUT2D eigenvalue weighted by Crippen LogP contribution is -2.15. The van der Waals surface area contributed by atoms with Crippen LogP contribution in [-0.2, 0) is 11.8 Å². The predicted octanol–water partition coefficient (Wildman–Crippen LogP) is 13.6. The highest BCUT2D eigenvalue weighted by Crippen LogP contribution is 2.49. The predicted molar refractivity (Wildman–Crippen MR) is 228 cm³/mol. The van der Waals surface area contributed by atoms with E-state index in [1.807, 2.05) is 0 Å². The summed E-state index contributed by atoms with van der Waals surface area (Å²) in [7, 11) is 0. The van der Waals surface area contributed by atoms with E-state index < -0.39 is 0 Å². The van der Waals surface area contributed by atoms with Gasteiger partial charge in [0.1, 0.15) is 0 Å². The van der Waals surface area contributed by atoms with Gasteiger partial charge >= 0.3 is 0 Å². The van der Waals surface area contributed by atoms with Crippen LogP contribution in [0.4, 0.5) is 0 Å². The van der Waals surface area contributed by atoms with Crippen LogP contribution in [0.2, 0.25) is 0 Å². The Balaban J connectivity index is 1.04. The van der Waals surface area contributed by atoms with Crippen LogP contribution in [0.5, 0.6) is 0 Å². The van der Waals surface area contributed by atoms with E-state index in [0.717, 1.165) is 6.42 Å². The van der Waals surface area contributed by atoms with Gasteiger partial charge in [0.05, 0.1) is 16.6 Å². The second-order valence-corrected chi connectivity index (χ2v) is 15.9. The summed E-state index contributed by atoms with van der Waals surface area (Å²) in [6, 6.07) is 58.7. The van der Waals surface area contributed by atoms with Crippen LogP contribution >= 0.6 is 0 Å². The lowest BCUT2D eigenvalue weighted by atomic mass is 9.82. The zero-order valence-corrected chi connectivity index (χ0v) is 30.8. The Bertz CT molecular complexity index is 2990. The van der Waals surface area contributed by atoms with E-state index in [1.54, 1.807) is 0 Å². The zero-order chi connectivity index (χ0) is 36.1. The monoisotopic (exact) mass is 692 g/mol. The van der Waals surface area contributed by atoms with Crippen molar-refractivity contribution in [3.05, 3.63) is 186 Å². The van der Waals surface area contributed by atoms with Crippen molar-refractivity contribution in [3.63, 3.8) is 0 Å². The van der Waals surface area contributed by atoms with Crippen molar-refractivity contribution in [1.29, 1.82) is 0 Å². The van der Waals surface area contributed by atoms with E-state index in [2.05, 4.69) is 200 Å². The second kappa shape index (κ2) is 11.6. The van der Waals surface area contributed by atoms with Gasteiger partial charge in [0.25, 0.3) is 0 Å². The van der Waals surface area contributed by atoms with Gasteiger partial charge < -0.3 is 9.13 Å². The summed E-state index contributed by atoms with van der Waals surface area (Å²) in [6.07, 6.45) is 5.75. The molecular formula is C52H40N2. The fourth-order valence-corrected chi connectivity index (χ4v) is 9.56. The fourth-order valence-electron chi connectivity index (χ4n) is 9.56. The molecule has 1 unspecified atom stereocenters. The number of aromatic nitrogens is 2. The largest absolute Gasteiger partial charge is 0.313 e. The Morgan fingerprint density at radius 3 is 1.91 bits per heavy atom. The number of hydrogen-bond donors (Lipinski definition) is 0. The molecule has 0 radical (unpaired) electrons. The number of nitrogens with zero attached hydrogens (tertiary/aromatic N) is 2. The Morgan fingerprint density at radius 1 is 0.481 bits per heavy atom. The SMILES string of the molecule is CC1C=Cc2c(n(-c3ccc(-c4ccccc4)cc3)c3ccc(-c4ccc5c(c4)c4ccccc4n5-c4ccc5c(c4)C(C)(C)c4ccccc4-5)cc23)C1. The van der Waals surface area contributed by atoms with Crippen LogP contribution in [-0.4, -0.2) is 9.13 Å². The lowest BCUT2D eigenvalue weighted by Gasteiger charge is -2.22. The Labute approximate surface area is 316 Å². The molecule has 0 aliphatic heterocycles. The van der Waals surface area contributed by atoms with E-state index in [4.69, 9.17) is 0 Å². The number of rotatable bonds is 4. The molecule has 0 fully saturated rings. The first-order valence-corrected chi connectivity index (χ1v) is 19.2. The molecule has 2 heteroatoms. The molecule has 9 aromatic rings. The van der Waals surface area contributed by atoms with Crippen LogP contribution < -0.4 is 0 Å². The maximum Gasteiger partial charge on any atom is 0.0541 e. The molecule has 7 aromatic carbocycles. The summed E-state index contributed by atoms with van der Waals surface area (Å²) in [5.41, 5.74) is 19.3. The first kappa shape index (κ1) is 31.2. The minimum atomic E-state index is -0.0521. The summed E-state index contributed by atoms with van der Waals surface area (Å²) in [4.78, 5) is 0. The van der Waals surface area contributed by atoms with E-state index in [1.165, 1.54) is 99.8 Å². The van der Waals surface area contributed by atoms with Gasteiger partial charge in [0.15, 0.2) is 0 Å². The third-order valence-electron chi connectivity index (χ3n) is 12.3. The number of fused-ring (bicyclic) bond motifs is 9. The maximum absolute atomic E-state index is 2.50. The van der Waals surface area contributed by atoms with Gasteiger partial charge in [-0.1, -0.05) is 136 Å². The first-order chi connectivity index (χ1) is 26.4. The molecule has 2 nitrogen and oxygen atoms in total. The number of hydrogen-bond acceptors (Lipinski definition) is 0. The third-order valence-corrected chi connectivity index (χ3v) is 12.3. The highest BCUT2D eigenvalue weighted by Gasteiger charge is 2.35. The average Bonchev–Trinajstić information content (AvgIpc) is 3.80. The molecule has 0 N–H and O–H groups in total. The van der Waals surface area contributed by atoms with Gasteiger partial charge in [-0.15, -0.1) is 0 Å². The van der Waals surface area contributed by atoms with Crippen molar-refractivity contribution in [1.82, 2.24) is 9.13 Å². The van der Waals surface area contributed by atoms with Crippen molar-refractivity contribution < 1.29 is 0 Å². The Morgan fingerprint density at radius 2 is 1.09 bits per heavy atom. The average molecular weight is 693 g/mol. The maximum atomic E-state index is 2.50. The molecule has 0 saturated carbocycles. The van der Waals surface area contributed by atoms with Crippen molar-refractivity contribution in [3.8, 4) is 44.8 Å². The first-order valence-electron chi connectivity index (χ1n) is 19.2. The molecule has 0 spiro atoms. The normalized spacial score (nSPS) is 15.5. The summed E-state index contributed by atoms with van der Waals surface area (Å²) in [5.74, 6) is 0.496.